The fraction of sp³-hybridized carbons (Fsp3) is 0.364. The molecule has 3 aliphatic rings. The zero-order chi connectivity index (χ0) is 45.8. The Bertz CT molecular complexity index is 2590. The van der Waals surface area contributed by atoms with Crippen molar-refractivity contribution >= 4 is 74.3 Å². The SMILES string of the molecule is Cc1cnc(Nc2ccc(N3CCN(C(=O)CCCNC(=O)COc4cccc5c4C(=O)N(C4CCC(=O)NC4=O)C5=O)CC3)cc2)nc1Nc1cccc(S(=O)(=O)NC(C)(C)C)c1. The molecule has 0 aliphatic carbocycles. The first kappa shape index (κ1) is 45.1. The summed E-state index contributed by atoms with van der Waals surface area (Å²) in [6.45, 7) is 9.34. The smallest absolute Gasteiger partial charge is 0.266 e. The van der Waals surface area contributed by atoms with Crippen LogP contribution in [-0.4, -0.2) is 115 Å². The van der Waals surface area contributed by atoms with Gasteiger partial charge in [0, 0.05) is 79.9 Å². The summed E-state index contributed by atoms with van der Waals surface area (Å²) in [6.07, 6.45) is 2.33. The highest BCUT2D eigenvalue weighted by Crippen LogP contribution is 2.34. The largest absolute Gasteiger partial charge is 0.483 e. The molecule has 0 saturated carbocycles. The van der Waals surface area contributed by atoms with Gasteiger partial charge in [0.25, 0.3) is 17.7 Å². The molecule has 7 rings (SSSR count). The van der Waals surface area contributed by atoms with Gasteiger partial charge in [0.1, 0.15) is 17.6 Å². The van der Waals surface area contributed by atoms with Crippen LogP contribution in [0.3, 0.4) is 0 Å². The van der Waals surface area contributed by atoms with E-state index in [-0.39, 0.29) is 53.5 Å². The number of benzene rings is 3. The lowest BCUT2D eigenvalue weighted by molar-refractivity contribution is -0.136. The van der Waals surface area contributed by atoms with Gasteiger partial charge in [-0.3, -0.25) is 39.0 Å². The molecular formula is C44H50N10O9S. The van der Waals surface area contributed by atoms with E-state index in [0.717, 1.165) is 21.8 Å². The lowest BCUT2D eigenvalue weighted by Crippen LogP contribution is -2.54. The number of fused-ring (bicyclic) bond motifs is 1. The van der Waals surface area contributed by atoms with Crippen molar-refractivity contribution in [2.24, 2.45) is 0 Å². The standard InChI is InChI=1S/C44H50N10O9S/c1-27-25-46-43(50-39(27)47-29-8-5-9-31(24-29)64(61,62)51-44(2,3)4)48-28-13-15-30(16-14-28)52-20-22-53(23-21-52)37(57)12-7-19-45-36(56)26-63-34-11-6-10-32-38(34)42(60)54(41(32)59)33-17-18-35(55)49-40(33)58/h5-6,8-11,13-16,24-25,33,51H,7,12,17-23,26H2,1-4H3,(H,45,56)(H,49,55,58)(H2,46,47,48,50). The summed E-state index contributed by atoms with van der Waals surface area (Å²) in [6, 6.07) is 17.6. The van der Waals surface area contributed by atoms with Gasteiger partial charge in [0.15, 0.2) is 6.61 Å². The number of imide groups is 2. The second-order valence-corrected chi connectivity index (χ2v) is 18.3. The van der Waals surface area contributed by atoms with Gasteiger partial charge >= 0.3 is 0 Å². The normalized spacial score (nSPS) is 16.6. The summed E-state index contributed by atoms with van der Waals surface area (Å²) in [5.41, 5.74) is 2.45. The first-order chi connectivity index (χ1) is 30.5. The maximum Gasteiger partial charge on any atom is 0.266 e. The van der Waals surface area contributed by atoms with Gasteiger partial charge in [-0.15, -0.1) is 0 Å². The molecule has 5 N–H and O–H groups in total. The highest BCUT2D eigenvalue weighted by molar-refractivity contribution is 7.89. The number of sulfonamides is 1. The Morgan fingerprint density at radius 3 is 2.36 bits per heavy atom. The van der Waals surface area contributed by atoms with Crippen molar-refractivity contribution in [2.75, 3.05) is 54.9 Å². The molecule has 1 atom stereocenters. The van der Waals surface area contributed by atoms with Crippen LogP contribution in [0.4, 0.5) is 28.8 Å². The molecular weight excluding hydrogens is 845 g/mol. The number of aromatic nitrogens is 2. The van der Waals surface area contributed by atoms with Crippen LogP contribution >= 0.6 is 0 Å². The monoisotopic (exact) mass is 894 g/mol. The molecule has 6 amide bonds. The number of nitrogens with one attached hydrogen (secondary N) is 5. The van der Waals surface area contributed by atoms with Gasteiger partial charge < -0.3 is 30.5 Å². The van der Waals surface area contributed by atoms with Crippen LogP contribution in [0.1, 0.15) is 72.7 Å². The predicted octanol–water partition coefficient (Wildman–Crippen LogP) is 3.37. The Kier molecular flexibility index (Phi) is 13.3. The Hall–Kier alpha value is -6.93. The van der Waals surface area contributed by atoms with Crippen LogP contribution in [0.2, 0.25) is 0 Å². The average Bonchev–Trinajstić information content (AvgIpc) is 3.51. The number of hydrogen-bond acceptors (Lipinski definition) is 14. The minimum atomic E-state index is -3.73. The van der Waals surface area contributed by atoms with Crippen molar-refractivity contribution in [3.05, 3.63) is 89.6 Å². The number of ether oxygens (including phenoxy) is 1. The van der Waals surface area contributed by atoms with Gasteiger partial charge in [-0.05, 0) is 95.1 Å². The van der Waals surface area contributed by atoms with Crippen LogP contribution in [-0.2, 0) is 29.2 Å². The third kappa shape index (κ3) is 10.6. The number of anilines is 5. The van der Waals surface area contributed by atoms with E-state index in [1.807, 2.05) is 36.1 Å². The van der Waals surface area contributed by atoms with Crippen molar-refractivity contribution < 1.29 is 41.9 Å². The molecule has 4 heterocycles. The van der Waals surface area contributed by atoms with Crippen molar-refractivity contribution in [3.8, 4) is 5.75 Å². The van der Waals surface area contributed by atoms with E-state index in [2.05, 4.69) is 40.9 Å². The van der Waals surface area contributed by atoms with Gasteiger partial charge in [-0.25, -0.2) is 18.1 Å². The minimum Gasteiger partial charge on any atom is -0.483 e. The maximum atomic E-state index is 13.3. The molecule has 3 aliphatic heterocycles. The van der Waals surface area contributed by atoms with Crippen molar-refractivity contribution in [1.82, 2.24) is 35.1 Å². The Labute approximate surface area is 370 Å². The number of nitrogens with zero attached hydrogens (tertiary/aromatic N) is 5. The molecule has 20 heteroatoms. The van der Waals surface area contributed by atoms with Crippen LogP contribution in [0.15, 0.2) is 77.8 Å². The van der Waals surface area contributed by atoms with E-state index in [1.54, 1.807) is 45.2 Å². The van der Waals surface area contributed by atoms with E-state index in [9.17, 15) is 37.2 Å². The zero-order valence-electron chi connectivity index (χ0n) is 35.9. The molecule has 0 spiro atoms. The molecule has 4 aromatic rings. The minimum absolute atomic E-state index is 0.00507. The van der Waals surface area contributed by atoms with Crippen molar-refractivity contribution in [1.29, 1.82) is 0 Å². The summed E-state index contributed by atoms with van der Waals surface area (Å²) in [5.74, 6) is -2.20. The fourth-order valence-corrected chi connectivity index (χ4v) is 8.96. The lowest BCUT2D eigenvalue weighted by atomic mass is 10.0. The maximum absolute atomic E-state index is 13.3. The highest BCUT2D eigenvalue weighted by atomic mass is 32.2. The quantitative estimate of drug-likeness (QED) is 0.0850. The molecule has 336 valence electrons. The predicted molar refractivity (Wildman–Crippen MR) is 236 cm³/mol. The van der Waals surface area contributed by atoms with Crippen molar-refractivity contribution in [2.45, 2.75) is 69.9 Å². The summed E-state index contributed by atoms with van der Waals surface area (Å²) < 4.78 is 34.1. The van der Waals surface area contributed by atoms with Crippen LogP contribution in [0.25, 0.3) is 0 Å². The van der Waals surface area contributed by atoms with Gasteiger partial charge in [-0.2, -0.15) is 4.98 Å². The summed E-state index contributed by atoms with van der Waals surface area (Å²) in [4.78, 5) is 90.0. The number of rotatable bonds is 15. The molecule has 2 fully saturated rings. The molecule has 19 nitrogen and oxygen atoms in total. The van der Waals surface area contributed by atoms with Gasteiger partial charge in [-0.1, -0.05) is 12.1 Å². The third-order valence-corrected chi connectivity index (χ3v) is 12.4. The highest BCUT2D eigenvalue weighted by Gasteiger charge is 2.46. The molecule has 1 aromatic heterocycles. The topological polar surface area (TPSA) is 241 Å². The van der Waals surface area contributed by atoms with Crippen LogP contribution in [0, 0.1) is 6.92 Å². The van der Waals surface area contributed by atoms with E-state index < -0.39 is 57.7 Å². The summed E-state index contributed by atoms with van der Waals surface area (Å²) in [5, 5.41) is 11.3. The van der Waals surface area contributed by atoms with E-state index in [4.69, 9.17) is 4.74 Å². The zero-order valence-corrected chi connectivity index (χ0v) is 36.7. The molecule has 3 aromatic carbocycles. The van der Waals surface area contributed by atoms with Gasteiger partial charge in [0.2, 0.25) is 33.7 Å². The number of aryl methyl sites for hydroxylation is 1. The third-order valence-electron chi connectivity index (χ3n) is 10.6. The Morgan fingerprint density at radius 2 is 1.64 bits per heavy atom. The fourth-order valence-electron chi connectivity index (χ4n) is 7.49. The molecule has 1 unspecified atom stereocenters. The second-order valence-electron chi connectivity index (χ2n) is 16.6. The Balaban J connectivity index is 0.827. The van der Waals surface area contributed by atoms with E-state index in [1.165, 1.54) is 24.3 Å². The first-order valence-electron chi connectivity index (χ1n) is 20.8. The van der Waals surface area contributed by atoms with E-state index >= 15 is 0 Å². The number of piperazine rings is 1. The average molecular weight is 895 g/mol. The number of amides is 6. The van der Waals surface area contributed by atoms with Crippen LogP contribution in [0.5, 0.6) is 5.75 Å². The summed E-state index contributed by atoms with van der Waals surface area (Å²) in [7, 11) is -3.73. The molecule has 2 saturated heterocycles. The lowest BCUT2D eigenvalue weighted by Gasteiger charge is -2.36. The van der Waals surface area contributed by atoms with E-state index in [0.29, 0.717) is 50.1 Å². The second kappa shape index (κ2) is 18.8. The van der Waals surface area contributed by atoms with Crippen LogP contribution < -0.4 is 35.6 Å². The Morgan fingerprint density at radius 1 is 0.906 bits per heavy atom. The number of hydrogen-bond donors (Lipinski definition) is 5. The number of carbonyl (C=O) groups excluding carboxylic acids is 6. The molecule has 0 bridgehead atoms. The molecule has 0 radical (unpaired) electrons. The number of carbonyl (C=O) groups is 6. The number of piperidine rings is 1. The van der Waals surface area contributed by atoms with Crippen molar-refractivity contribution in [3.63, 3.8) is 0 Å². The van der Waals surface area contributed by atoms with Gasteiger partial charge in [0.05, 0.1) is 16.0 Å². The first-order valence-corrected chi connectivity index (χ1v) is 22.3. The molecule has 64 heavy (non-hydrogen) atoms. The summed E-state index contributed by atoms with van der Waals surface area (Å²) >= 11 is 0.